The highest BCUT2D eigenvalue weighted by atomic mass is 35.5. The lowest BCUT2D eigenvalue weighted by Crippen LogP contribution is -2.49. The summed E-state index contributed by atoms with van der Waals surface area (Å²) in [6.45, 7) is 5.91. The van der Waals surface area contributed by atoms with Crippen molar-refractivity contribution < 1.29 is 24.3 Å². The molecule has 4 aliphatic rings. The molecule has 3 fully saturated rings. The van der Waals surface area contributed by atoms with Crippen molar-refractivity contribution >= 4 is 78.9 Å². The molecule has 1 saturated carbocycles. The number of nitrogens with zero attached hydrogens (tertiary/aromatic N) is 4. The molecule has 4 aromatic carbocycles. The minimum atomic E-state index is -1.34. The second-order valence-corrected chi connectivity index (χ2v) is 17.6. The minimum absolute atomic E-state index is 0.00988. The Balaban J connectivity index is 1.12. The van der Waals surface area contributed by atoms with Gasteiger partial charge in [0, 0.05) is 34.3 Å². The Hall–Kier alpha value is -5.58. The standard InChI is InChI=1S/C46H39ClN4O5S/c1-5-24-10-14-27(15-11-24)50-42(53)30-17-16-29-32(38(30)44(50)55)21-33-43(54)51(37-22-34(48-49(37)4)41-23(2)31-20-26(47)13-19-36(31)57-41)45(56)46(33,3)40(29)39-28-9-7-6-8-25(28)12-18-35(39)52/h6-16,18-20,22,30,32-33,38,40,52H,5,17,21H2,1-4H3/t30-,32+,33-,38-,40+,46+/m0/s1. The quantitative estimate of drug-likeness (QED) is 0.138. The number of phenols is 1. The van der Waals surface area contributed by atoms with Gasteiger partial charge in [0.25, 0.3) is 0 Å². The number of carbonyl (C=O) groups is 4. The maximum absolute atomic E-state index is 15.4. The lowest BCUT2D eigenvalue weighted by molar-refractivity contribution is -0.131. The van der Waals surface area contributed by atoms with E-state index in [-0.39, 0.29) is 29.9 Å². The number of allylic oxidation sites excluding steroid dienone is 2. The Morgan fingerprint density at radius 3 is 2.44 bits per heavy atom. The summed E-state index contributed by atoms with van der Waals surface area (Å²) in [5, 5.41) is 20.0. The number of thiophene rings is 1. The van der Waals surface area contributed by atoms with Crippen molar-refractivity contribution in [3.63, 3.8) is 0 Å². The zero-order valence-corrected chi connectivity index (χ0v) is 33.4. The topological polar surface area (TPSA) is 113 Å². The zero-order chi connectivity index (χ0) is 39.7. The van der Waals surface area contributed by atoms with Crippen molar-refractivity contribution in [2.45, 2.75) is 46.0 Å². The van der Waals surface area contributed by atoms with E-state index < -0.39 is 40.9 Å². The molecule has 4 amide bonds. The average Bonchev–Trinajstić information content (AvgIpc) is 3.88. The largest absolute Gasteiger partial charge is 0.508 e. The van der Waals surface area contributed by atoms with Crippen LogP contribution in [0.1, 0.15) is 49.3 Å². The predicted octanol–water partition coefficient (Wildman–Crippen LogP) is 9.12. The van der Waals surface area contributed by atoms with Crippen LogP contribution in [0.5, 0.6) is 5.75 Å². The SMILES string of the molecule is CCc1ccc(N2C(=O)[C@H]3[C@H](CC=C4[C@H]3C[C@H]3C(=O)N(c5cc(-c6sc7ccc(Cl)cc7c6C)nn5C)C(=O)[C@@]3(C)[C@H]4c3c(O)ccc4ccccc34)C2=O)cc1. The molecule has 0 bridgehead atoms. The molecule has 286 valence electrons. The smallest absolute Gasteiger partial charge is 0.242 e. The van der Waals surface area contributed by atoms with Gasteiger partial charge >= 0.3 is 0 Å². The number of carbonyl (C=O) groups excluding carboxylic acids is 4. The highest BCUT2D eigenvalue weighted by Crippen LogP contribution is 2.65. The Labute approximate surface area is 338 Å². The number of aromatic hydroxyl groups is 1. The Kier molecular flexibility index (Phi) is 7.99. The van der Waals surface area contributed by atoms with Crippen molar-refractivity contribution in [1.82, 2.24) is 9.78 Å². The monoisotopic (exact) mass is 794 g/mol. The van der Waals surface area contributed by atoms with E-state index in [1.54, 1.807) is 35.2 Å². The van der Waals surface area contributed by atoms with Crippen molar-refractivity contribution in [3.05, 3.63) is 118 Å². The number of halogens is 1. The Morgan fingerprint density at radius 1 is 0.895 bits per heavy atom. The highest BCUT2D eigenvalue weighted by molar-refractivity contribution is 7.22. The van der Waals surface area contributed by atoms with E-state index >= 15 is 9.59 Å². The number of phenolic OH excluding ortho intramolecular Hbond substituents is 1. The summed E-state index contributed by atoms with van der Waals surface area (Å²) >= 11 is 7.92. The van der Waals surface area contributed by atoms with Crippen molar-refractivity contribution in [1.29, 1.82) is 0 Å². The van der Waals surface area contributed by atoms with E-state index in [9.17, 15) is 14.7 Å². The molecule has 10 rings (SSSR count). The molecule has 1 N–H and O–H groups in total. The number of hydrogen-bond donors (Lipinski definition) is 1. The van der Waals surface area contributed by atoms with Crippen LogP contribution in [0.15, 0.2) is 96.6 Å². The van der Waals surface area contributed by atoms with Gasteiger partial charge in [0.05, 0.1) is 33.7 Å². The van der Waals surface area contributed by atoms with Gasteiger partial charge in [-0.05, 0) is 103 Å². The highest BCUT2D eigenvalue weighted by Gasteiger charge is 2.68. The molecular formula is C46H39ClN4O5S. The van der Waals surface area contributed by atoms with Gasteiger partial charge in [-0.3, -0.25) is 28.8 Å². The molecule has 2 saturated heterocycles. The summed E-state index contributed by atoms with van der Waals surface area (Å²) in [6, 6.07) is 26.3. The summed E-state index contributed by atoms with van der Waals surface area (Å²) in [6.07, 6.45) is 3.36. The van der Waals surface area contributed by atoms with Crippen LogP contribution >= 0.6 is 22.9 Å². The lowest BCUT2D eigenvalue weighted by atomic mass is 9.51. The number of imide groups is 2. The average molecular weight is 795 g/mol. The van der Waals surface area contributed by atoms with E-state index in [2.05, 4.69) is 6.92 Å². The zero-order valence-electron chi connectivity index (χ0n) is 31.8. The fourth-order valence-corrected chi connectivity index (χ4v) is 11.8. The number of amides is 4. The predicted molar refractivity (Wildman–Crippen MR) is 222 cm³/mol. The van der Waals surface area contributed by atoms with Crippen LogP contribution in [0.4, 0.5) is 11.5 Å². The van der Waals surface area contributed by atoms with Gasteiger partial charge in [0.15, 0.2) is 0 Å². The van der Waals surface area contributed by atoms with Gasteiger partial charge in [-0.1, -0.05) is 72.6 Å². The molecule has 0 unspecified atom stereocenters. The number of aromatic nitrogens is 2. The first-order valence-electron chi connectivity index (χ1n) is 19.4. The molecule has 2 aliphatic carbocycles. The van der Waals surface area contributed by atoms with Gasteiger partial charge in [-0.15, -0.1) is 11.3 Å². The fraction of sp³-hybridized carbons (Fsp3) is 0.283. The van der Waals surface area contributed by atoms with Gasteiger partial charge in [0.2, 0.25) is 23.6 Å². The molecule has 6 atom stereocenters. The first-order chi connectivity index (χ1) is 27.4. The molecule has 11 heteroatoms. The molecule has 57 heavy (non-hydrogen) atoms. The lowest BCUT2D eigenvalue weighted by Gasteiger charge is -2.49. The third-order valence-electron chi connectivity index (χ3n) is 13.3. The number of rotatable bonds is 5. The van der Waals surface area contributed by atoms with Gasteiger partial charge < -0.3 is 5.11 Å². The van der Waals surface area contributed by atoms with Crippen LogP contribution in [0.2, 0.25) is 5.02 Å². The molecule has 6 aromatic rings. The van der Waals surface area contributed by atoms with Crippen LogP contribution < -0.4 is 9.80 Å². The minimum Gasteiger partial charge on any atom is -0.508 e. The molecular weight excluding hydrogens is 756 g/mol. The van der Waals surface area contributed by atoms with Crippen molar-refractivity contribution in [2.75, 3.05) is 9.80 Å². The second kappa shape index (κ2) is 12.7. The summed E-state index contributed by atoms with van der Waals surface area (Å²) in [7, 11) is 1.73. The normalized spacial score (nSPS) is 25.7. The number of hydrogen-bond acceptors (Lipinski definition) is 7. The molecule has 4 heterocycles. The van der Waals surface area contributed by atoms with Gasteiger partial charge in [-0.25, -0.2) is 4.90 Å². The number of anilines is 2. The fourth-order valence-electron chi connectivity index (χ4n) is 10.5. The van der Waals surface area contributed by atoms with Crippen molar-refractivity contribution in [2.24, 2.45) is 36.1 Å². The Bertz CT molecular complexity index is 2790. The maximum Gasteiger partial charge on any atom is 0.242 e. The number of fused-ring (bicyclic) bond motifs is 6. The number of aryl methyl sites for hydroxylation is 3. The summed E-state index contributed by atoms with van der Waals surface area (Å²) in [4.78, 5) is 62.7. The summed E-state index contributed by atoms with van der Waals surface area (Å²) < 4.78 is 2.63. The summed E-state index contributed by atoms with van der Waals surface area (Å²) in [5.74, 6) is -4.44. The summed E-state index contributed by atoms with van der Waals surface area (Å²) in [5.41, 5.74) is 3.29. The third-order valence-corrected chi connectivity index (χ3v) is 14.9. The third kappa shape index (κ3) is 4.96. The van der Waals surface area contributed by atoms with E-state index in [1.165, 1.54) is 9.80 Å². The van der Waals surface area contributed by atoms with Crippen LogP contribution in [0.3, 0.4) is 0 Å². The molecule has 0 radical (unpaired) electrons. The van der Waals surface area contributed by atoms with E-state index in [0.29, 0.717) is 34.2 Å². The van der Waals surface area contributed by atoms with Gasteiger partial charge in [-0.2, -0.15) is 5.10 Å². The molecule has 2 aromatic heterocycles. The Morgan fingerprint density at radius 2 is 1.67 bits per heavy atom. The number of benzene rings is 4. The van der Waals surface area contributed by atoms with Crippen LogP contribution in [0, 0.1) is 36.0 Å². The van der Waals surface area contributed by atoms with Crippen molar-refractivity contribution in [3.8, 4) is 16.3 Å². The molecule has 9 nitrogen and oxygen atoms in total. The van der Waals surface area contributed by atoms with Gasteiger partial charge in [0.1, 0.15) is 17.3 Å². The van der Waals surface area contributed by atoms with Crippen LogP contribution in [0.25, 0.3) is 31.4 Å². The van der Waals surface area contributed by atoms with E-state index in [4.69, 9.17) is 16.7 Å². The second-order valence-electron chi connectivity index (χ2n) is 16.1. The van der Waals surface area contributed by atoms with Crippen LogP contribution in [-0.2, 0) is 32.6 Å². The first-order valence-corrected chi connectivity index (χ1v) is 20.6. The van der Waals surface area contributed by atoms with E-state index in [0.717, 1.165) is 48.9 Å². The van der Waals surface area contributed by atoms with Crippen LogP contribution in [-0.4, -0.2) is 38.5 Å². The maximum atomic E-state index is 15.4. The van der Waals surface area contributed by atoms with E-state index in [1.807, 2.05) is 92.7 Å². The first kappa shape index (κ1) is 35.8. The molecule has 0 spiro atoms. The molecule has 2 aliphatic heterocycles.